The van der Waals surface area contributed by atoms with Crippen molar-refractivity contribution in [1.82, 2.24) is 10.3 Å². The van der Waals surface area contributed by atoms with Crippen molar-refractivity contribution in [1.29, 1.82) is 0 Å². The normalized spacial score (nSPS) is 11.7. The lowest BCUT2D eigenvalue weighted by Crippen LogP contribution is -2.45. The number of carbonyl (C=O) groups excluding carboxylic acids is 3. The molecular weight excluding hydrogens is 423 g/mol. The zero-order valence-electron chi connectivity index (χ0n) is 17.5. The first-order valence-electron chi connectivity index (χ1n) is 10.2. The Hall–Kier alpha value is -4.46. The number of nitrogens with one attached hydrogen (secondary N) is 3. The van der Waals surface area contributed by atoms with Crippen LogP contribution in [0.5, 0.6) is 0 Å². The molecule has 0 radical (unpaired) electrons. The van der Waals surface area contributed by atoms with Crippen molar-refractivity contribution in [3.8, 4) is 0 Å². The van der Waals surface area contributed by atoms with E-state index in [0.717, 1.165) is 16.5 Å². The molecule has 3 aromatic carbocycles. The zero-order chi connectivity index (χ0) is 23.4. The van der Waals surface area contributed by atoms with E-state index in [1.807, 2.05) is 24.3 Å². The summed E-state index contributed by atoms with van der Waals surface area (Å²) in [5.74, 6) is -1.97. The number of nitrogens with two attached hydrogens (primary N) is 1. The van der Waals surface area contributed by atoms with Gasteiger partial charge in [-0.3, -0.25) is 14.4 Å². The van der Waals surface area contributed by atoms with Gasteiger partial charge >= 0.3 is 0 Å². The fourth-order valence-corrected chi connectivity index (χ4v) is 3.52. The van der Waals surface area contributed by atoms with Gasteiger partial charge in [-0.15, -0.1) is 0 Å². The van der Waals surface area contributed by atoms with Crippen molar-refractivity contribution in [2.45, 2.75) is 12.5 Å². The van der Waals surface area contributed by atoms with E-state index in [-0.39, 0.29) is 12.0 Å². The summed E-state index contributed by atoms with van der Waals surface area (Å²) >= 11 is 0. The van der Waals surface area contributed by atoms with Crippen LogP contribution in [0.25, 0.3) is 10.9 Å². The second-order valence-corrected chi connectivity index (χ2v) is 7.53. The van der Waals surface area contributed by atoms with E-state index in [1.54, 1.807) is 18.3 Å². The standard InChI is InChI=1S/C25H21FN4O3/c26-18-9-5-16(6-10-18)24(32)30-22(13-17-14-28-21-4-2-1-3-20(17)21)25(33)29-19-11-7-15(8-12-19)23(27)31/h1-12,14,22,28H,13H2,(H2,27,31)(H,29,33)(H,30,32)/t22-/m1/s1. The molecule has 4 rings (SSSR count). The summed E-state index contributed by atoms with van der Waals surface area (Å²) < 4.78 is 13.2. The quantitative estimate of drug-likeness (QED) is 0.350. The molecule has 1 atom stereocenters. The zero-order valence-corrected chi connectivity index (χ0v) is 17.5. The van der Waals surface area contributed by atoms with Gasteiger partial charge in [0.2, 0.25) is 11.8 Å². The van der Waals surface area contributed by atoms with Gasteiger partial charge < -0.3 is 21.4 Å². The van der Waals surface area contributed by atoms with Gasteiger partial charge in [-0.2, -0.15) is 0 Å². The van der Waals surface area contributed by atoms with Crippen molar-refractivity contribution >= 4 is 34.3 Å². The molecule has 0 aliphatic rings. The lowest BCUT2D eigenvalue weighted by molar-refractivity contribution is -0.118. The summed E-state index contributed by atoms with van der Waals surface area (Å²) in [6, 6.07) is 17.9. The third-order valence-electron chi connectivity index (χ3n) is 5.26. The summed E-state index contributed by atoms with van der Waals surface area (Å²) in [7, 11) is 0. The first-order valence-corrected chi connectivity index (χ1v) is 10.2. The SMILES string of the molecule is NC(=O)c1ccc(NC(=O)[C@@H](Cc2c[nH]c3ccccc23)NC(=O)c2ccc(F)cc2)cc1. The average Bonchev–Trinajstić information content (AvgIpc) is 3.22. The molecule has 0 fully saturated rings. The molecule has 5 N–H and O–H groups in total. The van der Waals surface area contributed by atoms with Crippen LogP contribution in [0, 0.1) is 5.82 Å². The van der Waals surface area contributed by atoms with Crippen molar-refractivity contribution in [2.75, 3.05) is 5.32 Å². The summed E-state index contributed by atoms with van der Waals surface area (Å²) in [6.45, 7) is 0. The fourth-order valence-electron chi connectivity index (χ4n) is 3.52. The van der Waals surface area contributed by atoms with Gasteiger partial charge in [-0.05, 0) is 60.2 Å². The molecule has 0 aliphatic carbocycles. The largest absolute Gasteiger partial charge is 0.366 e. The van der Waals surface area contributed by atoms with Crippen LogP contribution < -0.4 is 16.4 Å². The van der Waals surface area contributed by atoms with Gasteiger partial charge in [0.25, 0.3) is 5.91 Å². The molecule has 8 heteroatoms. The minimum Gasteiger partial charge on any atom is -0.366 e. The van der Waals surface area contributed by atoms with Crippen molar-refractivity contribution in [3.05, 3.63) is 102 Å². The van der Waals surface area contributed by atoms with Crippen LogP contribution in [0.4, 0.5) is 10.1 Å². The maximum atomic E-state index is 13.2. The Kier molecular flexibility index (Phi) is 6.17. The average molecular weight is 444 g/mol. The highest BCUT2D eigenvalue weighted by Crippen LogP contribution is 2.20. The highest BCUT2D eigenvalue weighted by molar-refractivity contribution is 6.02. The third kappa shape index (κ3) is 5.07. The summed E-state index contributed by atoms with van der Waals surface area (Å²) in [6.07, 6.45) is 2.03. The molecule has 33 heavy (non-hydrogen) atoms. The van der Waals surface area contributed by atoms with E-state index in [9.17, 15) is 18.8 Å². The van der Waals surface area contributed by atoms with Gasteiger partial charge in [0, 0.05) is 40.3 Å². The minimum absolute atomic E-state index is 0.224. The van der Waals surface area contributed by atoms with Crippen molar-refractivity contribution in [2.24, 2.45) is 5.73 Å². The second kappa shape index (κ2) is 9.35. The number of anilines is 1. The first-order chi connectivity index (χ1) is 15.9. The number of aromatic nitrogens is 1. The minimum atomic E-state index is -0.919. The second-order valence-electron chi connectivity index (χ2n) is 7.53. The number of halogens is 1. The van der Waals surface area contributed by atoms with Gasteiger partial charge in [0.05, 0.1) is 0 Å². The number of fused-ring (bicyclic) bond motifs is 1. The molecule has 4 aromatic rings. The number of carbonyl (C=O) groups is 3. The number of benzene rings is 3. The number of rotatable bonds is 7. The molecule has 0 saturated heterocycles. The molecule has 0 unspecified atom stereocenters. The fraction of sp³-hybridized carbons (Fsp3) is 0.0800. The topological polar surface area (TPSA) is 117 Å². The Labute approximate surface area is 188 Å². The number of hydrogen-bond acceptors (Lipinski definition) is 3. The number of H-pyrrole nitrogens is 1. The van der Waals surface area contributed by atoms with Crippen LogP contribution in [0.15, 0.2) is 79.0 Å². The highest BCUT2D eigenvalue weighted by atomic mass is 19.1. The maximum absolute atomic E-state index is 13.2. The number of aromatic amines is 1. The van der Waals surface area contributed by atoms with Gasteiger partial charge in [0.1, 0.15) is 11.9 Å². The van der Waals surface area contributed by atoms with Crippen LogP contribution in [-0.4, -0.2) is 28.7 Å². The number of amides is 3. The van der Waals surface area contributed by atoms with E-state index in [0.29, 0.717) is 11.3 Å². The summed E-state index contributed by atoms with van der Waals surface area (Å²) in [4.78, 5) is 40.3. The molecule has 1 heterocycles. The lowest BCUT2D eigenvalue weighted by Gasteiger charge is -2.19. The van der Waals surface area contributed by atoms with E-state index in [4.69, 9.17) is 5.73 Å². The predicted octanol–water partition coefficient (Wildman–Crippen LogP) is 3.39. The van der Waals surface area contributed by atoms with Gasteiger partial charge in [-0.25, -0.2) is 4.39 Å². The Balaban J connectivity index is 1.58. The van der Waals surface area contributed by atoms with E-state index < -0.39 is 29.6 Å². The van der Waals surface area contributed by atoms with Crippen LogP contribution in [0.2, 0.25) is 0 Å². The number of hydrogen-bond donors (Lipinski definition) is 4. The summed E-state index contributed by atoms with van der Waals surface area (Å²) in [5.41, 5.74) is 8.02. The highest BCUT2D eigenvalue weighted by Gasteiger charge is 2.23. The molecule has 0 bridgehead atoms. The first kappa shape index (κ1) is 21.8. The van der Waals surface area contributed by atoms with E-state index in [1.165, 1.54) is 36.4 Å². The predicted molar refractivity (Wildman–Crippen MR) is 123 cm³/mol. The number of para-hydroxylation sites is 1. The van der Waals surface area contributed by atoms with Crippen molar-refractivity contribution in [3.63, 3.8) is 0 Å². The maximum Gasteiger partial charge on any atom is 0.251 e. The smallest absolute Gasteiger partial charge is 0.251 e. The van der Waals surface area contributed by atoms with Crippen molar-refractivity contribution < 1.29 is 18.8 Å². The molecule has 3 amide bonds. The van der Waals surface area contributed by atoms with E-state index >= 15 is 0 Å². The van der Waals surface area contributed by atoms with Gasteiger partial charge in [-0.1, -0.05) is 18.2 Å². The molecule has 0 spiro atoms. The van der Waals surface area contributed by atoms with Gasteiger partial charge in [0.15, 0.2) is 0 Å². The molecule has 166 valence electrons. The number of primary amides is 1. The molecular formula is C25H21FN4O3. The van der Waals surface area contributed by atoms with Crippen LogP contribution >= 0.6 is 0 Å². The monoisotopic (exact) mass is 444 g/mol. The molecule has 0 aliphatic heterocycles. The summed E-state index contributed by atoms with van der Waals surface area (Å²) in [5, 5.41) is 6.44. The Morgan fingerprint density at radius 3 is 2.27 bits per heavy atom. The Bertz CT molecular complexity index is 1310. The van der Waals surface area contributed by atoms with Crippen LogP contribution in [-0.2, 0) is 11.2 Å². The van der Waals surface area contributed by atoms with Crippen LogP contribution in [0.1, 0.15) is 26.3 Å². The van der Waals surface area contributed by atoms with E-state index in [2.05, 4.69) is 15.6 Å². The molecule has 1 aromatic heterocycles. The lowest BCUT2D eigenvalue weighted by atomic mass is 10.0. The molecule has 0 saturated carbocycles. The third-order valence-corrected chi connectivity index (χ3v) is 5.26. The Morgan fingerprint density at radius 1 is 0.909 bits per heavy atom. The Morgan fingerprint density at radius 2 is 1.58 bits per heavy atom. The molecule has 7 nitrogen and oxygen atoms in total. The van der Waals surface area contributed by atoms with Crippen LogP contribution in [0.3, 0.4) is 0 Å².